The minimum Gasteiger partial charge on any atom is -0.378 e. The van der Waals surface area contributed by atoms with Crippen molar-refractivity contribution in [2.45, 2.75) is 40.7 Å². The lowest BCUT2D eigenvalue weighted by Crippen LogP contribution is -2.10. The highest BCUT2D eigenvalue weighted by Gasteiger charge is 2.16. The van der Waals surface area contributed by atoms with Crippen LogP contribution in [-0.4, -0.2) is 9.78 Å². The second kappa shape index (κ2) is 5.08. The molecule has 2 aromatic rings. The van der Waals surface area contributed by atoms with Crippen LogP contribution in [0.4, 0.5) is 5.69 Å². The molecule has 1 N–H and O–H groups in total. The molecule has 0 aliphatic carbocycles. The second-order valence-electron chi connectivity index (χ2n) is 5.39. The fourth-order valence-electron chi connectivity index (χ4n) is 2.70. The summed E-state index contributed by atoms with van der Waals surface area (Å²) in [6.45, 7) is 10.6. The van der Waals surface area contributed by atoms with Crippen LogP contribution in [0.5, 0.6) is 0 Å². The van der Waals surface area contributed by atoms with Crippen molar-refractivity contribution >= 4 is 5.69 Å². The average Bonchev–Trinajstić information content (AvgIpc) is 2.57. The van der Waals surface area contributed by atoms with Gasteiger partial charge in [0.05, 0.1) is 11.7 Å². The maximum atomic E-state index is 4.49. The molecule has 1 unspecified atom stereocenters. The molecule has 3 heteroatoms. The van der Waals surface area contributed by atoms with Crippen LogP contribution < -0.4 is 5.32 Å². The van der Waals surface area contributed by atoms with E-state index in [0.29, 0.717) is 0 Å². The first kappa shape index (κ1) is 13.7. The number of aryl methyl sites for hydroxylation is 4. The summed E-state index contributed by atoms with van der Waals surface area (Å²) in [6, 6.07) is 6.76. The zero-order valence-electron chi connectivity index (χ0n) is 12.7. The molecule has 0 bridgehead atoms. The average molecular weight is 257 g/mol. The van der Waals surface area contributed by atoms with E-state index in [4.69, 9.17) is 0 Å². The van der Waals surface area contributed by atoms with E-state index in [0.717, 1.165) is 5.69 Å². The van der Waals surface area contributed by atoms with Crippen molar-refractivity contribution in [3.63, 3.8) is 0 Å². The molecule has 0 aliphatic heterocycles. The molecular weight excluding hydrogens is 234 g/mol. The SMILES string of the molecule is Cc1ccc(NC(C)c2c(C)nn(C)c2C)c(C)c1. The molecule has 0 aliphatic rings. The van der Waals surface area contributed by atoms with E-state index in [2.05, 4.69) is 63.2 Å². The van der Waals surface area contributed by atoms with Gasteiger partial charge < -0.3 is 5.32 Å². The first-order valence-corrected chi connectivity index (χ1v) is 6.74. The topological polar surface area (TPSA) is 29.9 Å². The van der Waals surface area contributed by atoms with Gasteiger partial charge in [0.1, 0.15) is 0 Å². The number of hydrogen-bond acceptors (Lipinski definition) is 2. The smallest absolute Gasteiger partial charge is 0.0649 e. The number of nitrogens with zero attached hydrogens (tertiary/aromatic N) is 2. The van der Waals surface area contributed by atoms with Gasteiger partial charge in [-0.25, -0.2) is 0 Å². The van der Waals surface area contributed by atoms with Crippen molar-refractivity contribution in [3.05, 3.63) is 46.3 Å². The van der Waals surface area contributed by atoms with E-state index in [1.54, 1.807) is 0 Å². The molecule has 0 saturated carbocycles. The lowest BCUT2D eigenvalue weighted by atomic mass is 10.0. The predicted octanol–water partition coefficient (Wildman–Crippen LogP) is 3.83. The molecular formula is C16H23N3. The van der Waals surface area contributed by atoms with Crippen LogP contribution in [0.25, 0.3) is 0 Å². The first-order chi connectivity index (χ1) is 8.90. The van der Waals surface area contributed by atoms with Crippen LogP contribution >= 0.6 is 0 Å². The van der Waals surface area contributed by atoms with Crippen LogP contribution in [0.1, 0.15) is 41.0 Å². The summed E-state index contributed by atoms with van der Waals surface area (Å²) in [6.07, 6.45) is 0. The van der Waals surface area contributed by atoms with E-state index in [1.165, 1.54) is 28.1 Å². The van der Waals surface area contributed by atoms with Crippen molar-refractivity contribution in [2.75, 3.05) is 5.32 Å². The lowest BCUT2D eigenvalue weighted by Gasteiger charge is -2.18. The molecule has 1 atom stereocenters. The molecule has 102 valence electrons. The molecule has 1 heterocycles. The monoisotopic (exact) mass is 257 g/mol. The Morgan fingerprint density at radius 3 is 2.37 bits per heavy atom. The van der Waals surface area contributed by atoms with Crippen LogP contribution in [-0.2, 0) is 7.05 Å². The summed E-state index contributed by atoms with van der Waals surface area (Å²) in [5.74, 6) is 0. The van der Waals surface area contributed by atoms with Crippen LogP contribution in [0.3, 0.4) is 0 Å². The van der Waals surface area contributed by atoms with E-state index < -0.39 is 0 Å². The fourth-order valence-corrected chi connectivity index (χ4v) is 2.70. The normalized spacial score (nSPS) is 12.5. The summed E-state index contributed by atoms with van der Waals surface area (Å²) < 4.78 is 1.95. The molecule has 1 aromatic heterocycles. The Kier molecular flexibility index (Phi) is 3.65. The Hall–Kier alpha value is -1.77. The fraction of sp³-hybridized carbons (Fsp3) is 0.438. The lowest BCUT2D eigenvalue weighted by molar-refractivity contribution is 0.728. The molecule has 0 saturated heterocycles. The van der Waals surface area contributed by atoms with Crippen molar-refractivity contribution in [3.8, 4) is 0 Å². The number of benzene rings is 1. The number of aromatic nitrogens is 2. The maximum Gasteiger partial charge on any atom is 0.0649 e. The zero-order chi connectivity index (χ0) is 14.2. The van der Waals surface area contributed by atoms with E-state index in [-0.39, 0.29) is 6.04 Å². The van der Waals surface area contributed by atoms with Gasteiger partial charge in [-0.2, -0.15) is 5.10 Å². The van der Waals surface area contributed by atoms with Crippen LogP contribution in [0, 0.1) is 27.7 Å². The van der Waals surface area contributed by atoms with Gasteiger partial charge >= 0.3 is 0 Å². The van der Waals surface area contributed by atoms with Crippen LogP contribution in [0.15, 0.2) is 18.2 Å². The van der Waals surface area contributed by atoms with Crippen molar-refractivity contribution < 1.29 is 0 Å². The zero-order valence-corrected chi connectivity index (χ0v) is 12.7. The first-order valence-electron chi connectivity index (χ1n) is 6.74. The van der Waals surface area contributed by atoms with Gasteiger partial charge in [-0.1, -0.05) is 17.7 Å². The third-order valence-electron chi connectivity index (χ3n) is 3.75. The number of hydrogen-bond donors (Lipinski definition) is 1. The minimum absolute atomic E-state index is 0.259. The van der Waals surface area contributed by atoms with Gasteiger partial charge in [0.25, 0.3) is 0 Å². The Morgan fingerprint density at radius 2 is 1.84 bits per heavy atom. The molecule has 1 aromatic carbocycles. The highest BCUT2D eigenvalue weighted by Crippen LogP contribution is 2.26. The van der Waals surface area contributed by atoms with Gasteiger partial charge in [0, 0.05) is 24.0 Å². The summed E-state index contributed by atoms with van der Waals surface area (Å²) in [7, 11) is 2.00. The Morgan fingerprint density at radius 1 is 1.16 bits per heavy atom. The van der Waals surface area contributed by atoms with Crippen molar-refractivity contribution in [1.82, 2.24) is 9.78 Å². The number of rotatable bonds is 3. The van der Waals surface area contributed by atoms with E-state index in [1.807, 2.05) is 11.7 Å². The quantitative estimate of drug-likeness (QED) is 0.905. The Bertz CT molecular complexity index is 596. The highest BCUT2D eigenvalue weighted by atomic mass is 15.3. The van der Waals surface area contributed by atoms with E-state index in [9.17, 15) is 0 Å². The second-order valence-corrected chi connectivity index (χ2v) is 5.39. The number of nitrogens with one attached hydrogen (secondary N) is 1. The summed E-state index contributed by atoms with van der Waals surface area (Å²) in [5, 5.41) is 8.08. The highest BCUT2D eigenvalue weighted by molar-refractivity contribution is 5.53. The largest absolute Gasteiger partial charge is 0.378 e. The van der Waals surface area contributed by atoms with Gasteiger partial charge in [0.15, 0.2) is 0 Å². The summed E-state index contributed by atoms with van der Waals surface area (Å²) >= 11 is 0. The van der Waals surface area contributed by atoms with E-state index >= 15 is 0 Å². The molecule has 19 heavy (non-hydrogen) atoms. The van der Waals surface area contributed by atoms with Crippen molar-refractivity contribution in [2.24, 2.45) is 7.05 Å². The van der Waals surface area contributed by atoms with Crippen LogP contribution in [0.2, 0.25) is 0 Å². The predicted molar refractivity (Wildman–Crippen MR) is 80.6 cm³/mol. The third-order valence-corrected chi connectivity index (χ3v) is 3.75. The molecule has 2 rings (SSSR count). The molecule has 0 spiro atoms. The minimum atomic E-state index is 0.259. The van der Waals surface area contributed by atoms with Gasteiger partial charge in [0.2, 0.25) is 0 Å². The maximum absolute atomic E-state index is 4.49. The molecule has 3 nitrogen and oxygen atoms in total. The third kappa shape index (κ3) is 2.65. The summed E-state index contributed by atoms with van der Waals surface area (Å²) in [4.78, 5) is 0. The molecule has 0 amide bonds. The Labute approximate surface area is 115 Å². The standard InChI is InChI=1S/C16H23N3/c1-10-7-8-15(11(2)9-10)17-12(3)16-13(4)18-19(6)14(16)5/h7-9,12,17H,1-6H3. The van der Waals surface area contributed by atoms with Gasteiger partial charge in [-0.05, 0) is 46.2 Å². The number of anilines is 1. The molecule has 0 fully saturated rings. The Balaban J connectivity index is 2.28. The van der Waals surface area contributed by atoms with Gasteiger partial charge in [-0.3, -0.25) is 4.68 Å². The summed E-state index contributed by atoms with van der Waals surface area (Å²) in [5.41, 5.74) is 7.39. The molecule has 0 radical (unpaired) electrons. The van der Waals surface area contributed by atoms with Crippen molar-refractivity contribution in [1.29, 1.82) is 0 Å². The van der Waals surface area contributed by atoms with Gasteiger partial charge in [-0.15, -0.1) is 0 Å².